The van der Waals surface area contributed by atoms with Gasteiger partial charge in [-0.2, -0.15) is 15.2 Å². The molecular formula is C17H9Cl2N5O3. The van der Waals surface area contributed by atoms with E-state index in [4.69, 9.17) is 33.2 Å². The molecule has 27 heavy (non-hydrogen) atoms. The Hall–Kier alpha value is -3.41. The maximum atomic E-state index is 11.2. The molecule has 0 saturated carbocycles. The number of aromatic nitrogens is 2. The average Bonchev–Trinajstić information content (AvgIpc) is 2.65. The maximum Gasteiger partial charge on any atom is 0.330 e. The predicted molar refractivity (Wildman–Crippen MR) is 99.7 cm³/mol. The van der Waals surface area contributed by atoms with Gasteiger partial charge in [0.15, 0.2) is 5.75 Å². The molecule has 0 fully saturated rings. The van der Waals surface area contributed by atoms with Crippen LogP contribution in [-0.4, -0.2) is 14.9 Å². The highest BCUT2D eigenvalue weighted by atomic mass is 35.5. The lowest BCUT2D eigenvalue weighted by atomic mass is 10.2. The van der Waals surface area contributed by atoms with Crippen LogP contribution in [0.3, 0.4) is 0 Å². The molecule has 10 heteroatoms. The fraction of sp³-hybridized carbons (Fsp3) is 0. The van der Waals surface area contributed by atoms with Gasteiger partial charge in [0.05, 0.1) is 26.6 Å². The van der Waals surface area contributed by atoms with Gasteiger partial charge in [-0.1, -0.05) is 29.3 Å². The fourth-order valence-corrected chi connectivity index (χ4v) is 2.54. The summed E-state index contributed by atoms with van der Waals surface area (Å²) in [4.78, 5) is 18.5. The third kappa shape index (κ3) is 4.23. The summed E-state index contributed by atoms with van der Waals surface area (Å²) in [6, 6.07) is 12.9. The first-order valence-corrected chi connectivity index (χ1v) is 8.14. The number of nitriles is 1. The number of halogens is 2. The van der Waals surface area contributed by atoms with Gasteiger partial charge in [0.2, 0.25) is 5.82 Å². The van der Waals surface area contributed by atoms with Gasteiger partial charge in [-0.25, -0.2) is 0 Å². The first kappa shape index (κ1) is 18.4. The summed E-state index contributed by atoms with van der Waals surface area (Å²) in [5, 5.41) is 23.4. The number of nitro groups is 1. The van der Waals surface area contributed by atoms with E-state index >= 15 is 0 Å². The van der Waals surface area contributed by atoms with Crippen molar-refractivity contribution in [2.75, 3.05) is 5.32 Å². The number of anilines is 2. The van der Waals surface area contributed by atoms with E-state index in [-0.39, 0.29) is 33.3 Å². The van der Waals surface area contributed by atoms with E-state index in [1.54, 1.807) is 42.5 Å². The van der Waals surface area contributed by atoms with Crippen molar-refractivity contribution in [1.82, 2.24) is 9.97 Å². The van der Waals surface area contributed by atoms with Crippen LogP contribution in [0.25, 0.3) is 0 Å². The van der Waals surface area contributed by atoms with E-state index in [0.717, 1.165) is 6.20 Å². The highest BCUT2D eigenvalue weighted by Crippen LogP contribution is 2.36. The van der Waals surface area contributed by atoms with Crippen LogP contribution in [-0.2, 0) is 0 Å². The molecule has 3 rings (SSSR count). The van der Waals surface area contributed by atoms with Crippen LogP contribution in [0.4, 0.5) is 17.2 Å². The van der Waals surface area contributed by atoms with Crippen molar-refractivity contribution in [3.05, 3.63) is 74.4 Å². The molecule has 0 amide bonds. The Morgan fingerprint density at radius 1 is 1.15 bits per heavy atom. The molecule has 0 spiro atoms. The largest absolute Gasteiger partial charge is 0.421 e. The highest BCUT2D eigenvalue weighted by molar-refractivity contribution is 6.37. The highest BCUT2D eigenvalue weighted by Gasteiger charge is 2.19. The van der Waals surface area contributed by atoms with Crippen LogP contribution >= 0.6 is 23.2 Å². The van der Waals surface area contributed by atoms with E-state index in [1.165, 1.54) is 0 Å². The minimum absolute atomic E-state index is 0.0853. The van der Waals surface area contributed by atoms with E-state index in [0.29, 0.717) is 11.3 Å². The molecular weight excluding hydrogens is 393 g/mol. The molecule has 2 aromatic carbocycles. The number of para-hydroxylation sites is 1. The molecule has 0 aliphatic carbocycles. The third-order valence-electron chi connectivity index (χ3n) is 3.33. The van der Waals surface area contributed by atoms with Crippen molar-refractivity contribution in [3.63, 3.8) is 0 Å². The van der Waals surface area contributed by atoms with E-state index < -0.39 is 4.92 Å². The van der Waals surface area contributed by atoms with Crippen molar-refractivity contribution < 1.29 is 9.66 Å². The normalized spacial score (nSPS) is 10.1. The van der Waals surface area contributed by atoms with Gasteiger partial charge in [0.1, 0.15) is 6.20 Å². The summed E-state index contributed by atoms with van der Waals surface area (Å²) >= 11 is 12.1. The number of hydrogen-bond donors (Lipinski definition) is 1. The molecule has 0 aliphatic heterocycles. The van der Waals surface area contributed by atoms with Gasteiger partial charge < -0.3 is 10.1 Å². The van der Waals surface area contributed by atoms with E-state index in [9.17, 15) is 10.1 Å². The summed E-state index contributed by atoms with van der Waals surface area (Å²) in [5.74, 6) is 0.0527. The summed E-state index contributed by atoms with van der Waals surface area (Å²) < 4.78 is 5.50. The molecule has 0 saturated heterocycles. The summed E-state index contributed by atoms with van der Waals surface area (Å²) in [6.07, 6.45) is 1.01. The Kier molecular flexibility index (Phi) is 5.35. The zero-order valence-electron chi connectivity index (χ0n) is 13.4. The molecule has 1 N–H and O–H groups in total. The maximum absolute atomic E-state index is 11.2. The van der Waals surface area contributed by atoms with Crippen LogP contribution in [0.5, 0.6) is 11.8 Å². The van der Waals surface area contributed by atoms with Crippen LogP contribution in [0.2, 0.25) is 10.0 Å². The van der Waals surface area contributed by atoms with E-state index in [1.807, 2.05) is 6.07 Å². The van der Waals surface area contributed by atoms with Crippen molar-refractivity contribution in [3.8, 4) is 17.8 Å². The molecule has 1 heterocycles. The monoisotopic (exact) mass is 401 g/mol. The molecule has 0 aliphatic rings. The number of nitrogens with zero attached hydrogens (tertiary/aromatic N) is 4. The number of benzene rings is 2. The topological polar surface area (TPSA) is 114 Å². The number of nitrogens with one attached hydrogen (secondary N) is 1. The zero-order valence-corrected chi connectivity index (χ0v) is 14.9. The third-order valence-corrected chi connectivity index (χ3v) is 3.93. The lowest BCUT2D eigenvalue weighted by Crippen LogP contribution is -2.03. The number of rotatable bonds is 5. The fourth-order valence-electron chi connectivity index (χ4n) is 2.07. The van der Waals surface area contributed by atoms with Gasteiger partial charge >= 0.3 is 11.7 Å². The minimum atomic E-state index is -0.627. The molecule has 1 aromatic heterocycles. The summed E-state index contributed by atoms with van der Waals surface area (Å²) in [6.45, 7) is 0. The first-order valence-electron chi connectivity index (χ1n) is 7.38. The number of hydrogen-bond acceptors (Lipinski definition) is 7. The smallest absolute Gasteiger partial charge is 0.330 e. The SMILES string of the molecule is N#Cc1ccc(Nc2nc(Oc3c(Cl)cccc3Cl)ncc2[N+](=O)[O-])cc1. The Labute approximate surface area is 163 Å². The van der Waals surface area contributed by atoms with Crippen LogP contribution in [0.15, 0.2) is 48.7 Å². The van der Waals surface area contributed by atoms with Gasteiger partial charge in [-0.3, -0.25) is 10.1 Å². The minimum Gasteiger partial charge on any atom is -0.421 e. The predicted octanol–water partition coefficient (Wildman–Crippen LogP) is 5.10. The standard InChI is InChI=1S/C17H9Cl2N5O3/c18-12-2-1-3-13(19)15(12)27-17-21-9-14(24(25)26)16(23-17)22-11-6-4-10(8-20)5-7-11/h1-7,9H,(H,21,22,23). The Morgan fingerprint density at radius 2 is 1.81 bits per heavy atom. The average molecular weight is 402 g/mol. The van der Waals surface area contributed by atoms with Crippen molar-refractivity contribution in [2.45, 2.75) is 0 Å². The quantitative estimate of drug-likeness (QED) is 0.466. The molecule has 0 unspecified atom stereocenters. The number of ether oxygens (including phenoxy) is 1. The molecule has 0 bridgehead atoms. The lowest BCUT2D eigenvalue weighted by Gasteiger charge is -2.10. The lowest BCUT2D eigenvalue weighted by molar-refractivity contribution is -0.384. The van der Waals surface area contributed by atoms with Crippen molar-refractivity contribution >= 4 is 40.4 Å². The van der Waals surface area contributed by atoms with Crippen molar-refractivity contribution in [2.24, 2.45) is 0 Å². The van der Waals surface area contributed by atoms with Crippen LogP contribution in [0, 0.1) is 21.4 Å². The molecule has 0 atom stereocenters. The molecule has 8 nitrogen and oxygen atoms in total. The van der Waals surface area contributed by atoms with Crippen LogP contribution < -0.4 is 10.1 Å². The Morgan fingerprint density at radius 3 is 2.41 bits per heavy atom. The Bertz CT molecular complexity index is 1030. The second kappa shape index (κ2) is 7.86. The van der Waals surface area contributed by atoms with Gasteiger partial charge in [-0.15, -0.1) is 0 Å². The zero-order chi connectivity index (χ0) is 19.4. The molecule has 3 aromatic rings. The van der Waals surface area contributed by atoms with Crippen molar-refractivity contribution in [1.29, 1.82) is 5.26 Å². The Balaban J connectivity index is 1.95. The molecule has 0 radical (unpaired) electrons. The summed E-state index contributed by atoms with van der Waals surface area (Å²) in [7, 11) is 0. The van der Waals surface area contributed by atoms with Crippen LogP contribution in [0.1, 0.15) is 5.56 Å². The van der Waals surface area contributed by atoms with Gasteiger partial charge in [0, 0.05) is 5.69 Å². The second-order valence-corrected chi connectivity index (χ2v) is 5.92. The second-order valence-electron chi connectivity index (χ2n) is 5.11. The molecule has 134 valence electrons. The van der Waals surface area contributed by atoms with Gasteiger partial charge in [-0.05, 0) is 36.4 Å². The van der Waals surface area contributed by atoms with E-state index in [2.05, 4.69) is 15.3 Å². The van der Waals surface area contributed by atoms with Gasteiger partial charge in [0.25, 0.3) is 0 Å². The summed E-state index contributed by atoms with van der Waals surface area (Å²) in [5.41, 5.74) is 0.601. The first-order chi connectivity index (χ1) is 13.0.